The number of carboxylic acid groups (broad SMARTS) is 1. The number of nitrogens with zero attached hydrogens (tertiary/aromatic N) is 2. The van der Waals surface area contributed by atoms with Crippen molar-refractivity contribution in [1.82, 2.24) is 9.88 Å². The van der Waals surface area contributed by atoms with Crippen LogP contribution in [-0.2, 0) is 11.3 Å². The zero-order chi connectivity index (χ0) is 15.2. The number of likely N-dealkylation sites (tertiary alicyclic amines) is 1. The van der Waals surface area contributed by atoms with Gasteiger partial charge in [-0.3, -0.25) is 14.7 Å². The predicted molar refractivity (Wildman–Crippen MR) is 80.4 cm³/mol. The number of piperidine rings is 1. The van der Waals surface area contributed by atoms with E-state index < -0.39 is 5.97 Å². The van der Waals surface area contributed by atoms with Crippen LogP contribution in [-0.4, -0.2) is 40.7 Å². The maximum absolute atomic E-state index is 10.8. The molecule has 116 valence electrons. The number of hydrogen-bond acceptors (Lipinski definition) is 4. The number of rotatable bonds is 6. The van der Waals surface area contributed by atoms with Crippen molar-refractivity contribution in [2.24, 2.45) is 0 Å². The first kappa shape index (κ1) is 15.8. The fraction of sp³-hybridized carbons (Fsp3) is 0.625. The molecule has 1 aromatic rings. The quantitative estimate of drug-likeness (QED) is 0.873. The number of carboxylic acids is 1. The Morgan fingerprint density at radius 1 is 1.48 bits per heavy atom. The first-order valence-corrected chi connectivity index (χ1v) is 7.56. The average molecular weight is 292 g/mol. The van der Waals surface area contributed by atoms with Gasteiger partial charge in [0.25, 0.3) is 0 Å². The van der Waals surface area contributed by atoms with E-state index in [4.69, 9.17) is 9.84 Å². The number of aromatic nitrogens is 1. The number of carbonyl (C=O) groups is 1. The smallest absolute Gasteiger partial charge is 0.303 e. The molecule has 2 rings (SSSR count). The van der Waals surface area contributed by atoms with Gasteiger partial charge in [-0.1, -0.05) is 6.42 Å². The molecule has 1 aliphatic rings. The Bertz CT molecular complexity index is 490. The lowest BCUT2D eigenvalue weighted by Crippen LogP contribution is -2.39. The summed E-state index contributed by atoms with van der Waals surface area (Å²) in [6, 6.07) is 4.24. The molecular weight excluding hydrogens is 268 g/mol. The maximum atomic E-state index is 10.8. The van der Waals surface area contributed by atoms with Crippen molar-refractivity contribution in [3.05, 3.63) is 23.5 Å². The second kappa shape index (κ2) is 7.41. The van der Waals surface area contributed by atoms with Crippen LogP contribution in [0.4, 0.5) is 0 Å². The largest absolute Gasteiger partial charge is 0.497 e. The fourth-order valence-corrected chi connectivity index (χ4v) is 2.99. The van der Waals surface area contributed by atoms with Crippen LogP contribution >= 0.6 is 0 Å². The lowest BCUT2D eigenvalue weighted by atomic mass is 9.97. The third kappa shape index (κ3) is 4.70. The molecule has 0 bridgehead atoms. The van der Waals surface area contributed by atoms with Crippen LogP contribution in [0, 0.1) is 6.92 Å². The van der Waals surface area contributed by atoms with E-state index in [1.54, 1.807) is 7.11 Å². The molecule has 1 aromatic heterocycles. The van der Waals surface area contributed by atoms with E-state index in [1.165, 1.54) is 12.8 Å². The Morgan fingerprint density at radius 3 is 3.00 bits per heavy atom. The Balaban J connectivity index is 2.04. The molecule has 0 radical (unpaired) electrons. The molecule has 0 saturated carbocycles. The first-order chi connectivity index (χ1) is 10.1. The van der Waals surface area contributed by atoms with Crippen LogP contribution < -0.4 is 4.74 Å². The molecule has 1 unspecified atom stereocenters. The van der Waals surface area contributed by atoms with Gasteiger partial charge in [-0.05, 0) is 32.7 Å². The Hall–Kier alpha value is -1.62. The summed E-state index contributed by atoms with van der Waals surface area (Å²) < 4.78 is 5.29. The summed E-state index contributed by atoms with van der Waals surface area (Å²) in [5.74, 6) is 0.118. The van der Waals surface area contributed by atoms with Crippen molar-refractivity contribution in [3.8, 4) is 5.75 Å². The van der Waals surface area contributed by atoms with E-state index in [0.717, 1.165) is 43.1 Å². The summed E-state index contributed by atoms with van der Waals surface area (Å²) in [6.07, 6.45) is 4.40. The molecule has 0 amide bonds. The third-order valence-electron chi connectivity index (χ3n) is 4.02. The van der Waals surface area contributed by atoms with Crippen LogP contribution in [0.15, 0.2) is 12.1 Å². The van der Waals surface area contributed by atoms with Gasteiger partial charge in [0.2, 0.25) is 0 Å². The molecule has 2 heterocycles. The minimum Gasteiger partial charge on any atom is -0.497 e. The molecular formula is C16H24N2O3. The zero-order valence-electron chi connectivity index (χ0n) is 12.8. The predicted octanol–water partition coefficient (Wildman–Crippen LogP) is 2.62. The second-order valence-electron chi connectivity index (χ2n) is 5.69. The second-order valence-corrected chi connectivity index (χ2v) is 5.69. The van der Waals surface area contributed by atoms with Crippen LogP contribution in [0.2, 0.25) is 0 Å². The zero-order valence-corrected chi connectivity index (χ0v) is 12.8. The van der Waals surface area contributed by atoms with Gasteiger partial charge in [0.15, 0.2) is 0 Å². The summed E-state index contributed by atoms with van der Waals surface area (Å²) in [6.45, 7) is 3.74. The average Bonchev–Trinajstić information content (AvgIpc) is 2.45. The van der Waals surface area contributed by atoms with E-state index in [0.29, 0.717) is 6.04 Å². The van der Waals surface area contributed by atoms with E-state index in [9.17, 15) is 4.79 Å². The van der Waals surface area contributed by atoms with Crippen molar-refractivity contribution in [2.75, 3.05) is 13.7 Å². The van der Waals surface area contributed by atoms with Crippen molar-refractivity contribution < 1.29 is 14.6 Å². The monoisotopic (exact) mass is 292 g/mol. The minimum atomic E-state index is -0.712. The molecule has 0 aromatic carbocycles. The molecule has 21 heavy (non-hydrogen) atoms. The lowest BCUT2D eigenvalue weighted by molar-refractivity contribution is -0.137. The van der Waals surface area contributed by atoms with Crippen LogP contribution in [0.1, 0.15) is 43.5 Å². The Kier molecular flexibility index (Phi) is 5.56. The highest BCUT2D eigenvalue weighted by atomic mass is 16.5. The summed E-state index contributed by atoms with van der Waals surface area (Å²) in [5, 5.41) is 8.88. The van der Waals surface area contributed by atoms with Gasteiger partial charge in [0, 0.05) is 36.8 Å². The summed E-state index contributed by atoms with van der Waals surface area (Å²) in [4.78, 5) is 17.7. The molecule has 1 aliphatic heterocycles. The highest BCUT2D eigenvalue weighted by Gasteiger charge is 2.23. The number of hydrogen-bond donors (Lipinski definition) is 1. The number of ether oxygens (including phenoxy) is 1. The van der Waals surface area contributed by atoms with Gasteiger partial charge >= 0.3 is 5.97 Å². The van der Waals surface area contributed by atoms with E-state index >= 15 is 0 Å². The number of pyridine rings is 1. The fourth-order valence-electron chi connectivity index (χ4n) is 2.99. The van der Waals surface area contributed by atoms with E-state index in [-0.39, 0.29) is 6.42 Å². The van der Waals surface area contributed by atoms with Crippen molar-refractivity contribution in [2.45, 2.75) is 51.6 Å². The molecule has 0 aliphatic carbocycles. The van der Waals surface area contributed by atoms with Gasteiger partial charge in [-0.2, -0.15) is 0 Å². The third-order valence-corrected chi connectivity index (χ3v) is 4.02. The molecule has 5 nitrogen and oxygen atoms in total. The van der Waals surface area contributed by atoms with Crippen molar-refractivity contribution in [3.63, 3.8) is 0 Å². The lowest BCUT2D eigenvalue weighted by Gasteiger charge is -2.35. The van der Waals surface area contributed by atoms with Crippen LogP contribution in [0.5, 0.6) is 5.75 Å². The topological polar surface area (TPSA) is 62.7 Å². The minimum absolute atomic E-state index is 0.242. The number of aryl methyl sites for hydroxylation is 1. The molecule has 1 fully saturated rings. The Labute approximate surface area is 125 Å². The van der Waals surface area contributed by atoms with E-state index in [2.05, 4.69) is 9.88 Å². The maximum Gasteiger partial charge on any atom is 0.303 e. The number of aliphatic carboxylic acids is 1. The summed E-state index contributed by atoms with van der Waals surface area (Å²) in [7, 11) is 1.66. The van der Waals surface area contributed by atoms with Gasteiger partial charge in [-0.25, -0.2) is 0 Å². The Morgan fingerprint density at radius 2 is 2.29 bits per heavy atom. The van der Waals surface area contributed by atoms with Gasteiger partial charge in [-0.15, -0.1) is 0 Å². The van der Waals surface area contributed by atoms with Crippen molar-refractivity contribution in [1.29, 1.82) is 0 Å². The summed E-state index contributed by atoms with van der Waals surface area (Å²) >= 11 is 0. The van der Waals surface area contributed by atoms with Crippen LogP contribution in [0.25, 0.3) is 0 Å². The normalized spacial score (nSPS) is 19.4. The summed E-state index contributed by atoms with van der Waals surface area (Å²) in [5.41, 5.74) is 1.94. The van der Waals surface area contributed by atoms with Gasteiger partial charge in [0.1, 0.15) is 5.75 Å². The number of methoxy groups -OCH3 is 1. The molecule has 1 atom stereocenters. The highest BCUT2D eigenvalue weighted by molar-refractivity contribution is 5.66. The van der Waals surface area contributed by atoms with Gasteiger partial charge < -0.3 is 9.84 Å². The van der Waals surface area contributed by atoms with Crippen LogP contribution in [0.3, 0.4) is 0 Å². The molecule has 5 heteroatoms. The molecule has 1 saturated heterocycles. The SMILES string of the molecule is COc1cc(C)nc(CN2CCCCC2CCC(=O)O)c1. The standard InChI is InChI=1S/C16H24N2O3/c1-12-9-15(21-2)10-13(17-12)11-18-8-4-3-5-14(18)6-7-16(19)20/h9-10,14H,3-8,11H2,1-2H3,(H,19,20). The van der Waals surface area contributed by atoms with Crippen molar-refractivity contribution >= 4 is 5.97 Å². The highest BCUT2D eigenvalue weighted by Crippen LogP contribution is 2.24. The first-order valence-electron chi connectivity index (χ1n) is 7.56. The molecule has 0 spiro atoms. The van der Waals surface area contributed by atoms with Gasteiger partial charge in [0.05, 0.1) is 12.8 Å². The van der Waals surface area contributed by atoms with E-state index in [1.807, 2.05) is 19.1 Å². The molecule has 1 N–H and O–H groups in total.